The van der Waals surface area contributed by atoms with Gasteiger partial charge in [-0.3, -0.25) is 43.5 Å². The van der Waals surface area contributed by atoms with E-state index in [4.69, 9.17) is 27.7 Å². The molecule has 0 saturated carbocycles. The highest BCUT2D eigenvalue weighted by Crippen LogP contribution is 2.19. The fraction of sp³-hybridized carbons (Fsp3) is 0.549. The molecule has 1 aromatic carbocycles. The van der Waals surface area contributed by atoms with Gasteiger partial charge in [0.15, 0.2) is 11.9 Å². The minimum atomic E-state index is -1.92. The summed E-state index contributed by atoms with van der Waals surface area (Å²) in [6, 6.07) is 0.805. The molecule has 25 nitrogen and oxygen atoms in total. The molecule has 10 unspecified atom stereocenters. The van der Waals surface area contributed by atoms with Gasteiger partial charge in [0.05, 0.1) is 24.0 Å². The van der Waals surface area contributed by atoms with Crippen LogP contribution in [0, 0.1) is 17.8 Å². The van der Waals surface area contributed by atoms with Gasteiger partial charge in [-0.2, -0.15) is 0 Å². The average molecular weight is 1070 g/mol. The molecule has 76 heavy (non-hydrogen) atoms. The number of amides is 7. The van der Waals surface area contributed by atoms with Crippen molar-refractivity contribution in [1.29, 1.82) is 0 Å². The Hall–Kier alpha value is -7.83. The smallest absolute Gasteiger partial charge is 0.327 e. The van der Waals surface area contributed by atoms with Crippen LogP contribution in [0.5, 0.6) is 0 Å². The largest absolute Gasteiger partial charge is 0.480 e. The van der Waals surface area contributed by atoms with Crippen LogP contribution in [0.1, 0.15) is 91.5 Å². The van der Waals surface area contributed by atoms with E-state index in [1.54, 1.807) is 20.1 Å². The zero-order valence-electron chi connectivity index (χ0n) is 44.5. The number of unbranched alkanes of at least 4 members (excludes halogenated alkanes) is 2. The van der Waals surface area contributed by atoms with Crippen LogP contribution in [0.25, 0.3) is 0 Å². The van der Waals surface area contributed by atoms with Crippen LogP contribution < -0.4 is 54.8 Å². The van der Waals surface area contributed by atoms with E-state index in [1.807, 2.05) is 43.3 Å². The summed E-state index contributed by atoms with van der Waals surface area (Å²) < 4.78 is 5.83. The monoisotopic (exact) mass is 1070 g/mol. The molecule has 1 heterocycles. The van der Waals surface area contributed by atoms with Gasteiger partial charge in [0.1, 0.15) is 35.9 Å². The number of aliphatic imine (C=N–C) groups is 2. The number of carboxylic acids is 2. The lowest BCUT2D eigenvalue weighted by Gasteiger charge is -2.28. The maximum absolute atomic E-state index is 14.5. The third kappa shape index (κ3) is 22.3. The number of nitrogens with zero attached hydrogens (tertiary/aromatic N) is 3. The van der Waals surface area contributed by atoms with Crippen molar-refractivity contribution < 1.29 is 58.1 Å². The summed E-state index contributed by atoms with van der Waals surface area (Å²) in [5.41, 5.74) is 23.2. The Balaban J connectivity index is 2.74. The number of nitrogens with one attached hydrogen (secondary N) is 6. The van der Waals surface area contributed by atoms with E-state index in [9.17, 15) is 53.4 Å². The van der Waals surface area contributed by atoms with Crippen molar-refractivity contribution in [2.45, 2.75) is 135 Å². The summed E-state index contributed by atoms with van der Waals surface area (Å²) in [6.07, 6.45) is 5.56. The topological polar surface area (TPSA) is 408 Å². The number of rotatable bonds is 19. The van der Waals surface area contributed by atoms with Gasteiger partial charge in [0.25, 0.3) is 5.91 Å². The van der Waals surface area contributed by atoms with Crippen LogP contribution in [0.2, 0.25) is 0 Å². The first-order chi connectivity index (χ1) is 35.8. The molecule has 0 radical (unpaired) electrons. The van der Waals surface area contributed by atoms with E-state index in [-0.39, 0.29) is 62.7 Å². The molecule has 2 rings (SSSR count). The molecule has 1 aliphatic heterocycles. The van der Waals surface area contributed by atoms with Crippen molar-refractivity contribution in [2.75, 3.05) is 27.2 Å². The number of ether oxygens (including phenoxy) is 1. The number of allylic oxidation sites excluding steroid dienone is 2. The average Bonchev–Trinajstić information content (AvgIpc) is 3.36. The summed E-state index contributed by atoms with van der Waals surface area (Å²) in [5.74, 6) is -12.7. The number of hydrogen-bond acceptors (Lipinski definition) is 12. The highest BCUT2D eigenvalue weighted by Gasteiger charge is 2.37. The second kappa shape index (κ2) is 32.5. The number of guanidine groups is 2. The van der Waals surface area contributed by atoms with Gasteiger partial charge in [-0.05, 0) is 70.8 Å². The Labute approximate surface area is 443 Å². The van der Waals surface area contributed by atoms with E-state index in [1.165, 1.54) is 33.9 Å². The van der Waals surface area contributed by atoms with E-state index < -0.39 is 120 Å². The van der Waals surface area contributed by atoms with Crippen LogP contribution >= 0.6 is 0 Å². The lowest BCUT2D eigenvalue weighted by atomic mass is 9.94. The maximum Gasteiger partial charge on any atom is 0.327 e. The third-order valence-electron chi connectivity index (χ3n) is 12.7. The van der Waals surface area contributed by atoms with Crippen LogP contribution in [-0.4, -0.2) is 150 Å². The Morgan fingerprint density at radius 3 is 1.83 bits per heavy atom. The second-order valence-electron chi connectivity index (χ2n) is 18.8. The minimum absolute atomic E-state index is 0.0552. The van der Waals surface area contributed by atoms with Crippen LogP contribution in [0.15, 0.2) is 76.4 Å². The number of benzene rings is 1. The molecular formula is C51H79N13O12. The van der Waals surface area contributed by atoms with E-state index in [0.29, 0.717) is 24.8 Å². The molecular weight excluding hydrogens is 987 g/mol. The summed E-state index contributed by atoms with van der Waals surface area (Å²) in [4.78, 5) is 131. The predicted octanol–water partition coefficient (Wildman–Crippen LogP) is -0.594. The molecule has 1 saturated heterocycles. The number of carboxylic acid groups (broad SMARTS) is 2. The molecule has 25 heteroatoms. The SMILES string of the molecule is C=C1C(=O)NC(C)C(=O)NC(CCCCN=C(N)N)C(=O)NC(C(=O)O)C(C)C(=O)NC(CCCCN=C(N)N)C(=O)NC(C=CC(C)=CC(C)C(Cc2ccccc2)OC)C(C)C(=O)NC(C(=O)O)CCC(=O)N1C. The van der Waals surface area contributed by atoms with Crippen molar-refractivity contribution in [1.82, 2.24) is 36.8 Å². The van der Waals surface area contributed by atoms with E-state index >= 15 is 0 Å². The number of nitrogens with two attached hydrogens (primary N) is 4. The highest BCUT2D eigenvalue weighted by atomic mass is 16.5. The quantitative estimate of drug-likeness (QED) is 0.0271. The molecule has 1 aliphatic rings. The Morgan fingerprint density at radius 2 is 1.30 bits per heavy atom. The number of carbonyl (C=O) groups is 9. The van der Waals surface area contributed by atoms with Crippen molar-refractivity contribution in [3.05, 3.63) is 72.0 Å². The molecule has 420 valence electrons. The van der Waals surface area contributed by atoms with E-state index in [2.05, 4.69) is 48.5 Å². The Kier molecular flexibility index (Phi) is 27.5. The van der Waals surface area contributed by atoms with Gasteiger partial charge in [0.2, 0.25) is 35.4 Å². The normalized spacial score (nSPS) is 24.2. The number of likely N-dealkylation sites (N-methyl/N-ethyl adjacent to an activating group) is 1. The number of aliphatic carboxylic acids is 2. The summed E-state index contributed by atoms with van der Waals surface area (Å²) >= 11 is 0. The zero-order valence-corrected chi connectivity index (χ0v) is 44.5. The summed E-state index contributed by atoms with van der Waals surface area (Å²) in [6.45, 7) is 11.7. The first kappa shape index (κ1) is 64.3. The zero-order chi connectivity index (χ0) is 57.2. The fourth-order valence-electron chi connectivity index (χ4n) is 7.86. The first-order valence-electron chi connectivity index (χ1n) is 25.1. The number of carbonyl (C=O) groups excluding carboxylic acids is 7. The van der Waals surface area contributed by atoms with Gasteiger partial charge in [-0.15, -0.1) is 0 Å². The summed E-state index contributed by atoms with van der Waals surface area (Å²) in [5, 5.41) is 35.7. The fourth-order valence-corrected chi connectivity index (χ4v) is 7.86. The molecule has 1 aromatic rings. The van der Waals surface area contributed by atoms with E-state index in [0.717, 1.165) is 10.5 Å². The van der Waals surface area contributed by atoms with Crippen LogP contribution in [-0.2, 0) is 54.3 Å². The lowest BCUT2D eigenvalue weighted by molar-refractivity contribution is -0.146. The molecule has 16 N–H and O–H groups in total. The van der Waals surface area contributed by atoms with Crippen molar-refractivity contribution in [2.24, 2.45) is 50.7 Å². The number of hydrogen-bond donors (Lipinski definition) is 12. The van der Waals surface area contributed by atoms with Gasteiger partial charge in [0, 0.05) is 39.6 Å². The molecule has 1 fully saturated rings. The van der Waals surface area contributed by atoms with Crippen LogP contribution in [0.3, 0.4) is 0 Å². The van der Waals surface area contributed by atoms with Crippen LogP contribution in [0.4, 0.5) is 0 Å². The Morgan fingerprint density at radius 1 is 0.763 bits per heavy atom. The highest BCUT2D eigenvalue weighted by molar-refractivity contribution is 6.00. The second-order valence-corrected chi connectivity index (χ2v) is 18.8. The molecule has 0 bridgehead atoms. The van der Waals surface area contributed by atoms with Gasteiger partial charge in [-0.25, -0.2) is 9.59 Å². The van der Waals surface area contributed by atoms with Crippen molar-refractivity contribution in [3.8, 4) is 0 Å². The van der Waals surface area contributed by atoms with Gasteiger partial charge >= 0.3 is 11.9 Å². The third-order valence-corrected chi connectivity index (χ3v) is 12.7. The maximum atomic E-state index is 14.5. The van der Waals surface area contributed by atoms with Crippen molar-refractivity contribution in [3.63, 3.8) is 0 Å². The van der Waals surface area contributed by atoms with Crippen molar-refractivity contribution >= 4 is 65.2 Å². The standard InChI is InChI=1S/C51H79N13O12/c1-28(26-29(2)39(76-8)27-34-16-10-9-11-17-34)20-21-35-30(3)42(66)62-38(48(72)73)22-23-40(65)64(7)33(6)45(69)58-32(5)44(68)61-37(19-13-15-25-57-51(54)55)47(71)63-41(49(74)75)31(4)43(67)60-36(46(70)59-35)18-12-14-24-56-50(52)53/h9-11,16-17,20-21,26,29-32,35-39,41H,6,12-15,18-19,22-25,27H2,1-5,7-8H3,(H,58,69)(H,59,70)(H,60,67)(H,61,68)(H,62,66)(H,63,71)(H,72,73)(H,74,75)(H4,52,53,56)(H4,54,55,57). The lowest BCUT2D eigenvalue weighted by Crippen LogP contribution is -2.59. The van der Waals surface area contributed by atoms with Gasteiger partial charge in [-0.1, -0.05) is 81.5 Å². The molecule has 10 atom stereocenters. The molecule has 0 aliphatic carbocycles. The molecule has 7 amide bonds. The minimum Gasteiger partial charge on any atom is -0.480 e. The predicted molar refractivity (Wildman–Crippen MR) is 284 cm³/mol. The first-order valence-corrected chi connectivity index (χ1v) is 25.1. The molecule has 0 spiro atoms. The molecule has 0 aromatic heterocycles. The van der Waals surface area contributed by atoms with Gasteiger partial charge < -0.3 is 74.7 Å². The summed E-state index contributed by atoms with van der Waals surface area (Å²) in [7, 11) is 2.81. The Bertz CT molecular complexity index is 2320. The number of methoxy groups -OCH3 is 1.